The predicted molar refractivity (Wildman–Crippen MR) is 298 cm³/mol. The Morgan fingerprint density at radius 3 is 0.470 bits per heavy atom. The lowest BCUT2D eigenvalue weighted by atomic mass is 10.3. The second kappa shape index (κ2) is 24.8. The number of hydrogen-bond acceptors (Lipinski definition) is 16. The molecule has 0 saturated heterocycles. The minimum Gasteiger partial charge on any atom is -0.508 e. The van der Waals surface area contributed by atoms with E-state index in [1.807, 2.05) is 0 Å². The van der Waals surface area contributed by atoms with Gasteiger partial charge in [0.25, 0.3) is 0 Å². The van der Waals surface area contributed by atoms with Crippen LogP contribution in [0.2, 0.25) is 0 Å². The van der Waals surface area contributed by atoms with Crippen molar-refractivity contribution in [1.82, 2.24) is 0 Å². The summed E-state index contributed by atoms with van der Waals surface area (Å²) < 4.78 is 163. The Morgan fingerprint density at radius 2 is 0.325 bits per heavy atom. The number of halogens is 2. The molecular formula is C60H44F2O16S5. The number of aromatic hydroxyl groups is 4. The molecule has 0 aliphatic rings. The van der Waals surface area contributed by atoms with Crippen LogP contribution >= 0.6 is 0 Å². The highest BCUT2D eigenvalue weighted by atomic mass is 32.2. The maximum Gasteiger partial charge on any atom is 0.206 e. The molecule has 0 fully saturated rings. The Morgan fingerprint density at radius 1 is 0.205 bits per heavy atom. The zero-order chi connectivity index (χ0) is 59.7. The molecule has 0 aliphatic heterocycles. The SMILES string of the molecule is O=S(=O)(c1ccc(F)cc1)c1ccc(F)cc1.O=S(=O)(c1ccc(O)cc1)c1ccc(O)cc1.O=S(=O)(c1ccc(O)cc1)c1ccc(Oc2ccc(S(=O)(=O)c3ccc(Oc4ccc(S(=O)(=O)c5ccc(O)cc5)cc4)cc3)cc2)cc1. The summed E-state index contributed by atoms with van der Waals surface area (Å²) in [6.07, 6.45) is 0. The van der Waals surface area contributed by atoms with Crippen LogP contribution in [0.5, 0.6) is 46.0 Å². The van der Waals surface area contributed by atoms with E-state index in [0.717, 1.165) is 24.3 Å². The summed E-state index contributed by atoms with van der Waals surface area (Å²) in [6, 6.07) is 53.0. The van der Waals surface area contributed by atoms with Crippen molar-refractivity contribution in [2.24, 2.45) is 0 Å². The molecule has 0 spiro atoms. The smallest absolute Gasteiger partial charge is 0.206 e. The van der Waals surface area contributed by atoms with Crippen LogP contribution in [0.15, 0.2) is 292 Å². The third kappa shape index (κ3) is 14.4. The predicted octanol–water partition coefficient (Wildman–Crippen LogP) is 11.9. The first kappa shape index (κ1) is 59.7. The van der Waals surface area contributed by atoms with E-state index >= 15 is 0 Å². The van der Waals surface area contributed by atoms with E-state index in [2.05, 4.69) is 0 Å². The van der Waals surface area contributed by atoms with E-state index in [4.69, 9.17) is 19.7 Å². The van der Waals surface area contributed by atoms with Crippen molar-refractivity contribution in [2.45, 2.75) is 49.0 Å². The first-order chi connectivity index (χ1) is 39.3. The third-order valence-electron chi connectivity index (χ3n) is 11.8. The van der Waals surface area contributed by atoms with Crippen molar-refractivity contribution >= 4 is 49.2 Å². The Bertz CT molecular complexity index is 4070. The lowest BCUT2D eigenvalue weighted by Crippen LogP contribution is -2.02. The number of hydrogen-bond donors (Lipinski definition) is 4. The molecule has 83 heavy (non-hydrogen) atoms. The van der Waals surface area contributed by atoms with E-state index in [9.17, 15) is 61.1 Å². The number of phenolic OH excluding ortho intramolecular Hbond substituents is 4. The Kier molecular flexibility index (Phi) is 17.8. The maximum absolute atomic E-state index is 13.3. The standard InChI is InChI=1S/C36H26O10S3.C12H8F2O2S.C12H10O4S/c37-25-1-13-31(14-2-25)47(39,40)33-17-5-27(6-18-33)45-29-9-21-35(22-10-29)49(43,44)36-23-11-30(12-24-36)46-28-7-19-34(20-8-28)48(41,42)32-15-3-26(38)4-16-32;2*13-9-1-5-11(6-2-9)17(15,16)12-7-3-10(14)4-8-12/h1-24,37-38H;1-8H;1-8,13-14H. The van der Waals surface area contributed by atoms with Gasteiger partial charge in [-0.25, -0.2) is 50.9 Å². The molecule has 0 saturated carbocycles. The average Bonchev–Trinajstić information content (AvgIpc) is 3.48. The van der Waals surface area contributed by atoms with Crippen molar-refractivity contribution in [3.05, 3.63) is 254 Å². The molecule has 10 aromatic carbocycles. The fourth-order valence-corrected chi connectivity index (χ4v) is 13.7. The molecule has 0 bridgehead atoms. The van der Waals surface area contributed by atoms with Gasteiger partial charge in [-0.05, 0) is 243 Å². The highest BCUT2D eigenvalue weighted by Gasteiger charge is 2.22. The topological polar surface area (TPSA) is 270 Å². The quantitative estimate of drug-likeness (QED) is 0.0737. The van der Waals surface area contributed by atoms with Crippen LogP contribution in [0.1, 0.15) is 0 Å². The summed E-state index contributed by atoms with van der Waals surface area (Å²) in [4.78, 5) is 0.344. The second-order valence-corrected chi connectivity index (χ2v) is 27.2. The second-order valence-electron chi connectivity index (χ2n) is 17.5. The molecule has 0 atom stereocenters. The Hall–Kier alpha value is -9.39. The van der Waals surface area contributed by atoms with Gasteiger partial charge < -0.3 is 29.9 Å². The van der Waals surface area contributed by atoms with Gasteiger partial charge in [0.2, 0.25) is 49.2 Å². The molecule has 16 nitrogen and oxygen atoms in total. The lowest BCUT2D eigenvalue weighted by molar-refractivity contribution is 0.474. The molecule has 0 aromatic heterocycles. The van der Waals surface area contributed by atoms with Crippen LogP contribution in [0.3, 0.4) is 0 Å². The Labute approximate surface area is 476 Å². The van der Waals surface area contributed by atoms with Crippen molar-refractivity contribution < 1.29 is 80.8 Å². The molecule has 0 radical (unpaired) electrons. The van der Waals surface area contributed by atoms with Crippen LogP contribution in [0, 0.1) is 11.6 Å². The summed E-state index contributed by atoms with van der Waals surface area (Å²) in [6.45, 7) is 0. The van der Waals surface area contributed by atoms with E-state index in [0.29, 0.717) is 23.0 Å². The van der Waals surface area contributed by atoms with Crippen LogP contribution < -0.4 is 9.47 Å². The normalized spacial score (nSPS) is 11.7. The molecule has 10 aromatic rings. The van der Waals surface area contributed by atoms with E-state index in [1.165, 1.54) is 218 Å². The van der Waals surface area contributed by atoms with E-state index < -0.39 is 60.8 Å². The van der Waals surface area contributed by atoms with Gasteiger partial charge in [-0.1, -0.05) is 0 Å². The summed E-state index contributed by atoms with van der Waals surface area (Å²) in [5.41, 5.74) is 0. The first-order valence-corrected chi connectivity index (χ1v) is 31.4. The lowest BCUT2D eigenvalue weighted by Gasteiger charge is -2.10. The molecule has 23 heteroatoms. The van der Waals surface area contributed by atoms with Gasteiger partial charge in [-0.15, -0.1) is 0 Å². The van der Waals surface area contributed by atoms with Crippen LogP contribution in [0.25, 0.3) is 0 Å². The van der Waals surface area contributed by atoms with E-state index in [-0.39, 0.29) is 72.0 Å². The molecular weight excluding hydrogens is 1170 g/mol. The highest BCUT2D eigenvalue weighted by molar-refractivity contribution is 7.92. The van der Waals surface area contributed by atoms with Crippen molar-refractivity contribution in [3.63, 3.8) is 0 Å². The van der Waals surface area contributed by atoms with Crippen LogP contribution in [0.4, 0.5) is 8.78 Å². The number of rotatable bonds is 14. The monoisotopic (exact) mass is 1220 g/mol. The number of sulfone groups is 5. The van der Waals surface area contributed by atoms with Crippen molar-refractivity contribution in [2.75, 3.05) is 0 Å². The maximum atomic E-state index is 13.3. The summed E-state index contributed by atoms with van der Waals surface area (Å²) in [5, 5.41) is 37.1. The molecule has 0 unspecified atom stereocenters. The van der Waals surface area contributed by atoms with Gasteiger partial charge in [-0.2, -0.15) is 0 Å². The van der Waals surface area contributed by atoms with Crippen LogP contribution in [-0.4, -0.2) is 62.5 Å². The average molecular weight is 1220 g/mol. The van der Waals surface area contributed by atoms with Gasteiger partial charge >= 0.3 is 0 Å². The molecule has 0 amide bonds. The minimum atomic E-state index is -3.90. The molecule has 4 N–H and O–H groups in total. The van der Waals surface area contributed by atoms with Gasteiger partial charge in [0.1, 0.15) is 57.6 Å². The van der Waals surface area contributed by atoms with Gasteiger partial charge in [0, 0.05) is 0 Å². The fourth-order valence-electron chi connectivity index (χ4n) is 7.43. The molecule has 424 valence electrons. The number of phenols is 4. The summed E-state index contributed by atoms with van der Waals surface area (Å²) >= 11 is 0. The minimum absolute atomic E-state index is 0.00894. The zero-order valence-corrected chi connectivity index (χ0v) is 46.7. The highest BCUT2D eigenvalue weighted by Crippen LogP contribution is 2.32. The molecule has 10 rings (SSSR count). The van der Waals surface area contributed by atoms with Gasteiger partial charge in [-0.3, -0.25) is 0 Å². The third-order valence-corrected chi connectivity index (χ3v) is 20.8. The number of benzene rings is 10. The molecule has 0 aliphatic carbocycles. The number of ether oxygens (including phenoxy) is 2. The largest absolute Gasteiger partial charge is 0.508 e. The van der Waals surface area contributed by atoms with Crippen LogP contribution in [-0.2, 0) is 49.2 Å². The first-order valence-electron chi connectivity index (χ1n) is 24.0. The van der Waals surface area contributed by atoms with E-state index in [1.54, 1.807) is 0 Å². The van der Waals surface area contributed by atoms with Crippen molar-refractivity contribution in [3.8, 4) is 46.0 Å². The van der Waals surface area contributed by atoms with Gasteiger partial charge in [0.15, 0.2) is 0 Å². The summed E-state index contributed by atoms with van der Waals surface area (Å²) in [5.74, 6) is 0.244. The molecule has 0 heterocycles. The zero-order valence-electron chi connectivity index (χ0n) is 42.6. The van der Waals surface area contributed by atoms with Gasteiger partial charge in [0.05, 0.1) is 49.0 Å². The fraction of sp³-hybridized carbons (Fsp3) is 0. The Balaban J connectivity index is 0.000000213. The summed E-state index contributed by atoms with van der Waals surface area (Å²) in [7, 11) is -18.8. The van der Waals surface area contributed by atoms with Crippen molar-refractivity contribution in [1.29, 1.82) is 0 Å².